The van der Waals surface area contributed by atoms with E-state index in [-0.39, 0.29) is 11.9 Å². The third-order valence-electron chi connectivity index (χ3n) is 4.80. The number of H-pyrrole nitrogens is 1. The van der Waals surface area contributed by atoms with E-state index in [1.807, 2.05) is 42.3 Å². The molecule has 25 heavy (non-hydrogen) atoms. The fraction of sp³-hybridized carbons (Fsp3) is 0.333. The van der Waals surface area contributed by atoms with Gasteiger partial charge in [0.05, 0.1) is 0 Å². The summed E-state index contributed by atoms with van der Waals surface area (Å²) in [4.78, 5) is 21.4. The minimum atomic E-state index is 0.0118. The summed E-state index contributed by atoms with van der Waals surface area (Å²) in [6.45, 7) is 1.77. The molecule has 4 rings (SSSR count). The third-order valence-corrected chi connectivity index (χ3v) is 4.80. The highest BCUT2D eigenvalue weighted by atomic mass is 16.2. The van der Waals surface area contributed by atoms with Gasteiger partial charge in [-0.2, -0.15) is 15.4 Å². The van der Waals surface area contributed by atoms with Crippen LogP contribution in [0.4, 0.5) is 5.82 Å². The summed E-state index contributed by atoms with van der Waals surface area (Å²) in [7, 11) is 1.88. The monoisotopic (exact) mass is 336 g/mol. The van der Waals surface area contributed by atoms with Crippen LogP contribution in [-0.2, 0) is 0 Å². The average Bonchev–Trinajstić information content (AvgIpc) is 3.15. The summed E-state index contributed by atoms with van der Waals surface area (Å²) in [5.74, 6) is 0.981. The van der Waals surface area contributed by atoms with E-state index < -0.39 is 0 Å². The van der Waals surface area contributed by atoms with Crippen molar-refractivity contribution in [2.45, 2.75) is 18.9 Å². The van der Waals surface area contributed by atoms with Gasteiger partial charge in [0.15, 0.2) is 0 Å². The van der Waals surface area contributed by atoms with Gasteiger partial charge in [-0.25, -0.2) is 4.98 Å². The molecule has 1 fully saturated rings. The van der Waals surface area contributed by atoms with Crippen LogP contribution in [0.1, 0.15) is 23.2 Å². The predicted molar refractivity (Wildman–Crippen MR) is 95.5 cm³/mol. The topological polar surface area (TPSA) is 78.0 Å². The first kappa shape index (κ1) is 15.6. The van der Waals surface area contributed by atoms with Crippen molar-refractivity contribution in [3.05, 3.63) is 48.2 Å². The highest BCUT2D eigenvalue weighted by Crippen LogP contribution is 2.22. The standard InChI is InChI=1S/C18H20N6O/c1-23(18(25)13-7-8-15-16(11-13)21-22-20-15)14-5-4-10-24(12-14)17-6-2-3-9-19-17/h2-3,6-9,11,14H,4-5,10,12H2,1H3,(H,20,21,22)/t14-/m0/s1. The lowest BCUT2D eigenvalue weighted by molar-refractivity contribution is 0.0717. The Balaban J connectivity index is 1.51. The number of nitrogens with zero attached hydrogens (tertiary/aromatic N) is 5. The van der Waals surface area contributed by atoms with Crippen LogP contribution in [0, 0.1) is 0 Å². The Bertz CT molecular complexity index is 877. The smallest absolute Gasteiger partial charge is 0.253 e. The number of aromatic amines is 1. The normalized spacial score (nSPS) is 17.6. The van der Waals surface area contributed by atoms with Crippen LogP contribution in [0.2, 0.25) is 0 Å². The molecule has 0 spiro atoms. The zero-order valence-electron chi connectivity index (χ0n) is 14.1. The van der Waals surface area contributed by atoms with Crippen molar-refractivity contribution >= 4 is 22.8 Å². The average molecular weight is 336 g/mol. The van der Waals surface area contributed by atoms with Gasteiger partial charge in [0, 0.05) is 37.9 Å². The van der Waals surface area contributed by atoms with Crippen molar-refractivity contribution in [1.29, 1.82) is 0 Å². The molecule has 3 aromatic rings. The largest absolute Gasteiger partial charge is 0.355 e. The van der Waals surface area contributed by atoms with Crippen LogP contribution in [0.15, 0.2) is 42.6 Å². The fourth-order valence-electron chi connectivity index (χ4n) is 3.36. The maximum atomic E-state index is 12.9. The number of amides is 1. The fourth-order valence-corrected chi connectivity index (χ4v) is 3.36. The zero-order chi connectivity index (χ0) is 17.2. The maximum absolute atomic E-state index is 12.9. The van der Waals surface area contributed by atoms with Gasteiger partial charge in [0.25, 0.3) is 5.91 Å². The molecule has 1 aromatic carbocycles. The summed E-state index contributed by atoms with van der Waals surface area (Å²) < 4.78 is 0. The van der Waals surface area contributed by atoms with Gasteiger partial charge in [0.2, 0.25) is 0 Å². The number of carbonyl (C=O) groups excluding carboxylic acids is 1. The molecule has 0 bridgehead atoms. The Kier molecular flexibility index (Phi) is 4.05. The SMILES string of the molecule is CN(C(=O)c1ccc2n[nH]nc2c1)[C@H]1CCCN(c2ccccn2)C1. The molecule has 7 nitrogen and oxygen atoms in total. The number of rotatable bonds is 3. The van der Waals surface area contributed by atoms with E-state index in [1.54, 1.807) is 12.3 Å². The third kappa shape index (κ3) is 3.05. The van der Waals surface area contributed by atoms with Crippen LogP contribution < -0.4 is 4.90 Å². The second kappa shape index (κ2) is 6.51. The summed E-state index contributed by atoms with van der Waals surface area (Å²) in [5.41, 5.74) is 2.11. The number of anilines is 1. The van der Waals surface area contributed by atoms with Gasteiger partial charge in [0.1, 0.15) is 16.9 Å². The molecule has 1 N–H and O–H groups in total. The molecule has 1 amide bonds. The van der Waals surface area contributed by atoms with Gasteiger partial charge in [-0.15, -0.1) is 0 Å². The number of piperidine rings is 1. The van der Waals surface area contributed by atoms with Crippen LogP contribution in [-0.4, -0.2) is 57.4 Å². The number of benzene rings is 1. The molecule has 1 saturated heterocycles. The van der Waals surface area contributed by atoms with Crippen molar-refractivity contribution in [2.75, 3.05) is 25.0 Å². The first-order valence-electron chi connectivity index (χ1n) is 8.46. The van der Waals surface area contributed by atoms with Gasteiger partial charge >= 0.3 is 0 Å². The Morgan fingerprint density at radius 2 is 2.12 bits per heavy atom. The van der Waals surface area contributed by atoms with Crippen molar-refractivity contribution in [1.82, 2.24) is 25.3 Å². The van der Waals surface area contributed by atoms with Gasteiger partial charge in [-0.3, -0.25) is 4.79 Å². The molecule has 0 aliphatic carbocycles. The Hall–Kier alpha value is -2.96. The molecule has 1 atom stereocenters. The molecule has 1 aliphatic rings. The van der Waals surface area contributed by atoms with E-state index in [9.17, 15) is 4.79 Å². The second-order valence-corrected chi connectivity index (χ2v) is 6.37. The minimum absolute atomic E-state index is 0.0118. The number of pyridine rings is 1. The molecule has 7 heteroatoms. The van der Waals surface area contributed by atoms with Crippen molar-refractivity contribution in [3.63, 3.8) is 0 Å². The predicted octanol–water partition coefficient (Wildman–Crippen LogP) is 2.09. The molecule has 3 heterocycles. The van der Waals surface area contributed by atoms with E-state index in [2.05, 4.69) is 25.3 Å². The van der Waals surface area contributed by atoms with E-state index >= 15 is 0 Å². The number of nitrogens with one attached hydrogen (secondary N) is 1. The zero-order valence-corrected chi connectivity index (χ0v) is 14.1. The molecular formula is C18H20N6O. The summed E-state index contributed by atoms with van der Waals surface area (Å²) >= 11 is 0. The number of hydrogen-bond acceptors (Lipinski definition) is 5. The highest BCUT2D eigenvalue weighted by molar-refractivity contribution is 5.97. The van der Waals surface area contributed by atoms with E-state index in [0.717, 1.165) is 37.3 Å². The van der Waals surface area contributed by atoms with E-state index in [4.69, 9.17) is 0 Å². The lowest BCUT2D eigenvalue weighted by Crippen LogP contribution is -2.48. The number of hydrogen-bond donors (Lipinski definition) is 1. The summed E-state index contributed by atoms with van der Waals surface area (Å²) in [6.07, 6.45) is 3.85. The molecule has 128 valence electrons. The molecule has 0 unspecified atom stereocenters. The molecular weight excluding hydrogens is 316 g/mol. The first-order chi connectivity index (χ1) is 12.2. The second-order valence-electron chi connectivity index (χ2n) is 6.37. The van der Waals surface area contributed by atoms with Crippen molar-refractivity contribution in [3.8, 4) is 0 Å². The lowest BCUT2D eigenvalue weighted by Gasteiger charge is -2.38. The van der Waals surface area contributed by atoms with E-state index in [0.29, 0.717) is 11.1 Å². The van der Waals surface area contributed by atoms with Gasteiger partial charge in [-0.1, -0.05) is 6.07 Å². The quantitative estimate of drug-likeness (QED) is 0.792. The van der Waals surface area contributed by atoms with Crippen molar-refractivity contribution < 1.29 is 4.79 Å². The number of aromatic nitrogens is 4. The molecule has 1 aliphatic heterocycles. The minimum Gasteiger partial charge on any atom is -0.355 e. The maximum Gasteiger partial charge on any atom is 0.253 e. The van der Waals surface area contributed by atoms with Crippen LogP contribution >= 0.6 is 0 Å². The van der Waals surface area contributed by atoms with Crippen LogP contribution in [0.3, 0.4) is 0 Å². The molecule has 0 saturated carbocycles. The van der Waals surface area contributed by atoms with Crippen LogP contribution in [0.25, 0.3) is 11.0 Å². The number of fused-ring (bicyclic) bond motifs is 1. The Morgan fingerprint density at radius 1 is 1.24 bits per heavy atom. The van der Waals surface area contributed by atoms with Gasteiger partial charge < -0.3 is 9.80 Å². The first-order valence-corrected chi connectivity index (χ1v) is 8.46. The van der Waals surface area contributed by atoms with Crippen molar-refractivity contribution in [2.24, 2.45) is 0 Å². The molecule has 2 aromatic heterocycles. The van der Waals surface area contributed by atoms with Crippen LogP contribution in [0.5, 0.6) is 0 Å². The van der Waals surface area contributed by atoms with E-state index in [1.165, 1.54) is 0 Å². The summed E-state index contributed by atoms with van der Waals surface area (Å²) in [5, 5.41) is 10.7. The number of likely N-dealkylation sites (N-methyl/N-ethyl adjacent to an activating group) is 1. The summed E-state index contributed by atoms with van der Waals surface area (Å²) in [6, 6.07) is 11.5. The Labute approximate surface area is 145 Å². The highest BCUT2D eigenvalue weighted by Gasteiger charge is 2.27. The Morgan fingerprint density at radius 3 is 2.96 bits per heavy atom. The lowest BCUT2D eigenvalue weighted by atomic mass is 10.0. The van der Waals surface area contributed by atoms with Gasteiger partial charge in [-0.05, 0) is 43.2 Å². The number of carbonyl (C=O) groups is 1. The molecule has 0 radical (unpaired) electrons.